The van der Waals surface area contributed by atoms with E-state index >= 15 is 0 Å². The minimum absolute atomic E-state index is 0.0949. The number of methoxy groups -OCH3 is 1. The standard InChI is InChI=1S/C26H35NO3/c1-19(2)22-10-6-21(7-11-22)17-26(3)18-23-16-20(8-12-24(23)30-26)9-13-25(28)27-14-5-15-29-4/h6-8,10-12,16,19H,5,9,13-15,17-18H2,1-4H3,(H,27,28). The van der Waals surface area contributed by atoms with Gasteiger partial charge in [0.05, 0.1) is 0 Å². The van der Waals surface area contributed by atoms with Gasteiger partial charge in [-0.1, -0.05) is 50.2 Å². The van der Waals surface area contributed by atoms with Gasteiger partial charge in [0.15, 0.2) is 0 Å². The number of ether oxygens (including phenoxy) is 2. The van der Waals surface area contributed by atoms with E-state index in [-0.39, 0.29) is 11.5 Å². The molecule has 1 heterocycles. The summed E-state index contributed by atoms with van der Waals surface area (Å²) >= 11 is 0. The first-order valence-corrected chi connectivity index (χ1v) is 11.0. The molecule has 0 saturated carbocycles. The lowest BCUT2D eigenvalue weighted by Gasteiger charge is -2.24. The molecule has 0 bridgehead atoms. The van der Waals surface area contributed by atoms with Crippen molar-refractivity contribution in [3.8, 4) is 5.75 Å². The number of hydrogen-bond donors (Lipinski definition) is 1. The quantitative estimate of drug-likeness (QED) is 0.572. The highest BCUT2D eigenvalue weighted by Crippen LogP contribution is 2.37. The van der Waals surface area contributed by atoms with E-state index in [1.165, 1.54) is 22.3 Å². The van der Waals surface area contributed by atoms with Crippen molar-refractivity contribution in [2.24, 2.45) is 0 Å². The van der Waals surface area contributed by atoms with E-state index < -0.39 is 0 Å². The van der Waals surface area contributed by atoms with Gasteiger partial charge in [-0.2, -0.15) is 0 Å². The molecule has 1 atom stereocenters. The molecule has 2 aromatic carbocycles. The van der Waals surface area contributed by atoms with Gasteiger partial charge < -0.3 is 14.8 Å². The van der Waals surface area contributed by atoms with E-state index in [4.69, 9.17) is 9.47 Å². The molecule has 2 aromatic rings. The molecular weight excluding hydrogens is 374 g/mol. The zero-order valence-corrected chi connectivity index (χ0v) is 18.8. The maximum atomic E-state index is 12.0. The van der Waals surface area contributed by atoms with Crippen molar-refractivity contribution < 1.29 is 14.3 Å². The van der Waals surface area contributed by atoms with Crippen molar-refractivity contribution in [2.75, 3.05) is 20.3 Å². The summed E-state index contributed by atoms with van der Waals surface area (Å²) in [7, 11) is 1.67. The van der Waals surface area contributed by atoms with Gasteiger partial charge >= 0.3 is 0 Å². The zero-order chi connectivity index (χ0) is 21.6. The summed E-state index contributed by atoms with van der Waals surface area (Å²) in [5.74, 6) is 1.62. The lowest BCUT2D eigenvalue weighted by Crippen LogP contribution is -2.32. The zero-order valence-electron chi connectivity index (χ0n) is 18.8. The topological polar surface area (TPSA) is 47.6 Å². The maximum absolute atomic E-state index is 12.0. The SMILES string of the molecule is COCCCNC(=O)CCc1ccc2c(c1)CC(C)(Cc1ccc(C(C)C)cc1)O2. The first-order valence-electron chi connectivity index (χ1n) is 11.0. The van der Waals surface area contributed by atoms with Crippen molar-refractivity contribution >= 4 is 5.91 Å². The molecule has 1 unspecified atom stereocenters. The van der Waals surface area contributed by atoms with Crippen LogP contribution in [0.1, 0.15) is 61.8 Å². The third-order valence-electron chi connectivity index (χ3n) is 5.76. The van der Waals surface area contributed by atoms with Crippen LogP contribution in [0.4, 0.5) is 0 Å². The molecule has 1 amide bonds. The summed E-state index contributed by atoms with van der Waals surface area (Å²) in [4.78, 5) is 12.0. The molecule has 0 fully saturated rings. The van der Waals surface area contributed by atoms with Gasteiger partial charge in [0.2, 0.25) is 5.91 Å². The predicted octanol–water partition coefficient (Wildman–Crippen LogP) is 4.83. The minimum atomic E-state index is -0.223. The highest BCUT2D eigenvalue weighted by atomic mass is 16.5. The summed E-state index contributed by atoms with van der Waals surface area (Å²) in [6, 6.07) is 15.3. The molecule has 0 spiro atoms. The van der Waals surface area contributed by atoms with Gasteiger partial charge in [-0.25, -0.2) is 0 Å². The van der Waals surface area contributed by atoms with Gasteiger partial charge in [0.25, 0.3) is 0 Å². The van der Waals surface area contributed by atoms with Gasteiger partial charge in [0, 0.05) is 39.5 Å². The molecule has 1 N–H and O–H groups in total. The molecule has 0 radical (unpaired) electrons. The second-order valence-electron chi connectivity index (χ2n) is 8.94. The Morgan fingerprint density at radius 3 is 2.60 bits per heavy atom. The van der Waals surface area contributed by atoms with Crippen LogP contribution in [0.5, 0.6) is 5.75 Å². The summed E-state index contributed by atoms with van der Waals surface area (Å²) in [6.45, 7) is 7.97. The molecule has 30 heavy (non-hydrogen) atoms. The molecule has 4 nitrogen and oxygen atoms in total. The number of carbonyl (C=O) groups is 1. The highest BCUT2D eigenvalue weighted by molar-refractivity contribution is 5.76. The number of benzene rings is 2. The Balaban J connectivity index is 1.54. The predicted molar refractivity (Wildman–Crippen MR) is 121 cm³/mol. The van der Waals surface area contributed by atoms with E-state index in [2.05, 4.69) is 68.6 Å². The second-order valence-corrected chi connectivity index (χ2v) is 8.94. The number of nitrogens with one attached hydrogen (secondary N) is 1. The molecule has 162 valence electrons. The molecule has 1 aliphatic heterocycles. The number of fused-ring (bicyclic) bond motifs is 1. The first-order chi connectivity index (χ1) is 14.4. The van der Waals surface area contributed by atoms with Crippen LogP contribution in [0.3, 0.4) is 0 Å². The van der Waals surface area contributed by atoms with Crippen LogP contribution in [0, 0.1) is 0 Å². The Morgan fingerprint density at radius 2 is 1.90 bits per heavy atom. The van der Waals surface area contributed by atoms with Gasteiger partial charge in [0.1, 0.15) is 11.4 Å². The normalized spacial score (nSPS) is 17.6. The number of rotatable bonds is 10. The molecule has 0 aromatic heterocycles. The average molecular weight is 410 g/mol. The van der Waals surface area contributed by atoms with Crippen LogP contribution in [0.2, 0.25) is 0 Å². The van der Waals surface area contributed by atoms with Crippen LogP contribution in [0.25, 0.3) is 0 Å². The third kappa shape index (κ3) is 6.09. The maximum Gasteiger partial charge on any atom is 0.220 e. The van der Waals surface area contributed by atoms with Crippen LogP contribution >= 0.6 is 0 Å². The second kappa shape index (κ2) is 10.1. The number of hydrogen-bond acceptors (Lipinski definition) is 3. The Bertz CT molecular complexity index is 844. The van der Waals surface area contributed by atoms with Crippen molar-refractivity contribution in [3.63, 3.8) is 0 Å². The first kappa shape index (κ1) is 22.4. The lowest BCUT2D eigenvalue weighted by molar-refractivity contribution is -0.121. The summed E-state index contributed by atoms with van der Waals surface area (Å²) < 4.78 is 11.3. The third-order valence-corrected chi connectivity index (χ3v) is 5.76. The van der Waals surface area contributed by atoms with Crippen molar-refractivity contribution in [1.82, 2.24) is 5.32 Å². The van der Waals surface area contributed by atoms with Crippen LogP contribution in [-0.4, -0.2) is 31.8 Å². The molecule has 3 rings (SSSR count). The Labute approximate surface area is 181 Å². The monoisotopic (exact) mass is 409 g/mol. The van der Waals surface area contributed by atoms with E-state index in [0.717, 1.165) is 31.4 Å². The lowest BCUT2D eigenvalue weighted by atomic mass is 9.90. The average Bonchev–Trinajstić information content (AvgIpc) is 3.05. The highest BCUT2D eigenvalue weighted by Gasteiger charge is 2.35. The minimum Gasteiger partial charge on any atom is -0.487 e. The molecule has 0 saturated heterocycles. The number of carbonyl (C=O) groups excluding carboxylic acids is 1. The Kier molecular flexibility index (Phi) is 7.54. The Hall–Kier alpha value is -2.33. The van der Waals surface area contributed by atoms with E-state index in [1.807, 2.05) is 0 Å². The number of aryl methyl sites for hydroxylation is 1. The summed E-state index contributed by atoms with van der Waals surface area (Å²) in [5.41, 5.74) is 4.88. The molecule has 1 aliphatic rings. The molecule has 0 aliphatic carbocycles. The van der Waals surface area contributed by atoms with Gasteiger partial charge in [-0.3, -0.25) is 4.79 Å². The largest absolute Gasteiger partial charge is 0.487 e. The van der Waals surface area contributed by atoms with Crippen molar-refractivity contribution in [1.29, 1.82) is 0 Å². The van der Waals surface area contributed by atoms with E-state index in [0.29, 0.717) is 25.5 Å². The fourth-order valence-corrected chi connectivity index (χ4v) is 4.07. The summed E-state index contributed by atoms with van der Waals surface area (Å²) in [5, 5.41) is 2.95. The van der Waals surface area contributed by atoms with E-state index in [1.54, 1.807) is 7.11 Å². The van der Waals surface area contributed by atoms with Crippen LogP contribution in [0.15, 0.2) is 42.5 Å². The Morgan fingerprint density at radius 1 is 1.17 bits per heavy atom. The van der Waals surface area contributed by atoms with Crippen LogP contribution in [-0.2, 0) is 28.8 Å². The van der Waals surface area contributed by atoms with Gasteiger partial charge in [-0.15, -0.1) is 0 Å². The number of amides is 1. The molecular formula is C26H35NO3. The fourth-order valence-electron chi connectivity index (χ4n) is 4.07. The smallest absolute Gasteiger partial charge is 0.220 e. The molecule has 4 heteroatoms. The fraction of sp³-hybridized carbons (Fsp3) is 0.500. The van der Waals surface area contributed by atoms with Crippen molar-refractivity contribution in [2.45, 2.75) is 64.4 Å². The summed E-state index contributed by atoms with van der Waals surface area (Å²) in [6.07, 6.45) is 3.88. The van der Waals surface area contributed by atoms with E-state index in [9.17, 15) is 4.79 Å². The van der Waals surface area contributed by atoms with Crippen LogP contribution < -0.4 is 10.1 Å². The van der Waals surface area contributed by atoms with Gasteiger partial charge in [-0.05, 0) is 54.0 Å². The van der Waals surface area contributed by atoms with Crippen molar-refractivity contribution in [3.05, 3.63) is 64.7 Å².